The third-order valence-electron chi connectivity index (χ3n) is 3.29. The van der Waals surface area contributed by atoms with Crippen LogP contribution in [0.4, 0.5) is 0 Å². The lowest BCUT2D eigenvalue weighted by molar-refractivity contribution is -0.875. The molecule has 0 aromatic heterocycles. The molecule has 112 valence electrons. The second-order valence-electron chi connectivity index (χ2n) is 4.93. The van der Waals surface area contributed by atoms with Crippen LogP contribution in [0.5, 0.6) is 0 Å². The third kappa shape index (κ3) is 6.68. The fourth-order valence-corrected chi connectivity index (χ4v) is 4.67. The fraction of sp³-hybridized carbons (Fsp3) is 0.294. The van der Waals surface area contributed by atoms with E-state index in [0.717, 1.165) is 30.3 Å². The average molecular weight is 320 g/mol. The number of nitrogens with one attached hydrogen (secondary N) is 1. The van der Waals surface area contributed by atoms with Crippen LogP contribution in [0.2, 0.25) is 0 Å². The van der Waals surface area contributed by atoms with Gasteiger partial charge in [-0.25, -0.2) is 0 Å². The van der Waals surface area contributed by atoms with Gasteiger partial charge in [-0.1, -0.05) is 60.7 Å². The van der Waals surface area contributed by atoms with Gasteiger partial charge in [-0.2, -0.15) is 0 Å². The van der Waals surface area contributed by atoms with Crippen molar-refractivity contribution in [3.8, 4) is 0 Å². The highest BCUT2D eigenvalue weighted by Gasteiger charge is 2.08. The summed E-state index contributed by atoms with van der Waals surface area (Å²) >= 11 is 0. The lowest BCUT2D eigenvalue weighted by Gasteiger charge is -2.19. The Kier molecular flexibility index (Phi) is 7.92. The molecule has 0 bridgehead atoms. The molecule has 2 nitrogen and oxygen atoms in total. The molecule has 0 saturated heterocycles. The Hall–Kier alpha value is -0.780. The van der Waals surface area contributed by atoms with Gasteiger partial charge in [0, 0.05) is 7.11 Å². The van der Waals surface area contributed by atoms with Gasteiger partial charge in [0.15, 0.2) is 0 Å². The highest BCUT2D eigenvalue weighted by Crippen LogP contribution is 2.08. The Balaban J connectivity index is 1.82. The monoisotopic (exact) mass is 320 g/mol. The predicted molar refractivity (Wildman–Crippen MR) is 96.2 cm³/mol. The van der Waals surface area contributed by atoms with Gasteiger partial charge in [-0.15, -0.1) is 0 Å². The van der Waals surface area contributed by atoms with E-state index in [1.807, 2.05) is 0 Å². The van der Waals surface area contributed by atoms with Crippen molar-refractivity contribution >= 4 is 27.8 Å². The van der Waals surface area contributed by atoms with Crippen molar-refractivity contribution in [3.63, 3.8) is 0 Å². The molecule has 0 aliphatic carbocycles. The average Bonchev–Trinajstić information content (AvgIpc) is 2.56. The lowest BCUT2D eigenvalue weighted by Crippen LogP contribution is -3.11. The first-order valence-corrected chi connectivity index (χ1v) is 9.70. The largest absolute Gasteiger partial charge is 0.379 e. The molecule has 0 saturated carbocycles. The van der Waals surface area contributed by atoms with Crippen LogP contribution >= 0.6 is 17.2 Å². The zero-order chi connectivity index (χ0) is 14.8. The van der Waals surface area contributed by atoms with E-state index in [-0.39, 0.29) is 0 Å². The number of rotatable bonds is 9. The summed E-state index contributed by atoms with van der Waals surface area (Å²) in [6, 6.07) is 21.6. The molecule has 1 N–H and O–H groups in total. The SMILES string of the molecule is COCC[NH+](CPc1ccccc1)CPc1ccccc1. The molecule has 21 heavy (non-hydrogen) atoms. The van der Waals surface area contributed by atoms with Gasteiger partial charge >= 0.3 is 0 Å². The summed E-state index contributed by atoms with van der Waals surface area (Å²) in [5.41, 5.74) is 0. The Morgan fingerprint density at radius 2 is 1.29 bits per heavy atom. The zero-order valence-corrected chi connectivity index (χ0v) is 14.5. The number of hydrogen-bond donors (Lipinski definition) is 1. The summed E-state index contributed by atoms with van der Waals surface area (Å²) in [6.07, 6.45) is 2.40. The molecule has 2 rings (SSSR count). The van der Waals surface area contributed by atoms with Gasteiger partial charge in [-0.3, -0.25) is 0 Å². The number of hydrogen-bond acceptors (Lipinski definition) is 1. The van der Waals surface area contributed by atoms with E-state index in [0.29, 0.717) is 0 Å². The Morgan fingerprint density at radius 1 is 0.810 bits per heavy atom. The molecular weight excluding hydrogens is 296 g/mol. The van der Waals surface area contributed by atoms with Crippen molar-refractivity contribution in [1.29, 1.82) is 0 Å². The Morgan fingerprint density at radius 3 is 1.71 bits per heavy atom. The first kappa shape index (κ1) is 16.6. The Bertz CT molecular complexity index is 449. The van der Waals surface area contributed by atoms with Gasteiger partial charge in [0.1, 0.15) is 6.54 Å². The highest BCUT2D eigenvalue weighted by molar-refractivity contribution is 7.47. The maximum atomic E-state index is 5.26. The number of ether oxygens (including phenoxy) is 1. The van der Waals surface area contributed by atoms with E-state index in [4.69, 9.17) is 4.74 Å². The second-order valence-corrected chi connectivity index (χ2v) is 7.50. The van der Waals surface area contributed by atoms with Crippen LogP contribution in [0.3, 0.4) is 0 Å². The molecule has 0 heterocycles. The summed E-state index contributed by atoms with van der Waals surface area (Å²) in [6.45, 7) is 1.93. The molecule has 0 aliphatic heterocycles. The summed E-state index contributed by atoms with van der Waals surface area (Å²) in [4.78, 5) is 1.64. The quantitative estimate of drug-likeness (QED) is 0.691. The topological polar surface area (TPSA) is 13.7 Å². The first-order chi connectivity index (χ1) is 10.4. The van der Waals surface area contributed by atoms with Gasteiger partial charge in [0.25, 0.3) is 0 Å². The normalized spacial score (nSPS) is 13.4. The van der Waals surface area contributed by atoms with Crippen molar-refractivity contribution in [1.82, 2.24) is 0 Å². The van der Waals surface area contributed by atoms with E-state index in [1.54, 1.807) is 12.0 Å². The summed E-state index contributed by atoms with van der Waals surface area (Å²) in [5, 5.41) is 2.91. The summed E-state index contributed by atoms with van der Waals surface area (Å²) in [7, 11) is 3.54. The van der Waals surface area contributed by atoms with E-state index in [1.165, 1.54) is 23.2 Å². The minimum Gasteiger partial charge on any atom is -0.379 e. The smallest absolute Gasteiger partial charge is 0.101 e. The molecule has 0 spiro atoms. The number of methoxy groups -OCH3 is 1. The van der Waals surface area contributed by atoms with Crippen molar-refractivity contribution in [2.45, 2.75) is 0 Å². The van der Waals surface area contributed by atoms with Crippen LogP contribution in [0.1, 0.15) is 0 Å². The second kappa shape index (κ2) is 10.0. The molecular formula is C17H24NOP2+. The maximum Gasteiger partial charge on any atom is 0.101 e. The molecule has 0 aliphatic rings. The number of benzene rings is 2. The molecule has 0 radical (unpaired) electrons. The van der Waals surface area contributed by atoms with E-state index in [9.17, 15) is 0 Å². The minimum absolute atomic E-state index is 0.841. The van der Waals surface area contributed by atoms with Crippen molar-refractivity contribution < 1.29 is 9.64 Å². The van der Waals surface area contributed by atoms with Crippen molar-refractivity contribution in [2.75, 3.05) is 32.8 Å². The standard InChI is InChI=1S/C17H23NOP2/c1-19-13-12-18(14-20-16-8-4-2-5-9-16)15-21-17-10-6-3-7-11-17/h2-11,20-21H,12-15H2,1H3/p+1. The van der Waals surface area contributed by atoms with Gasteiger partial charge < -0.3 is 9.64 Å². The zero-order valence-electron chi connectivity index (χ0n) is 12.5. The van der Waals surface area contributed by atoms with Gasteiger partial charge in [-0.05, 0) is 27.8 Å². The molecule has 0 amide bonds. The summed E-state index contributed by atoms with van der Waals surface area (Å²) in [5.74, 6) is 0. The maximum absolute atomic E-state index is 5.26. The molecule has 2 unspecified atom stereocenters. The molecule has 4 heteroatoms. The van der Waals surface area contributed by atoms with Crippen molar-refractivity contribution in [2.24, 2.45) is 0 Å². The number of quaternary nitrogens is 1. The third-order valence-corrected chi connectivity index (χ3v) is 6.13. The van der Waals surface area contributed by atoms with E-state index >= 15 is 0 Å². The predicted octanol–water partition coefficient (Wildman–Crippen LogP) is 1.44. The van der Waals surface area contributed by atoms with Crippen LogP contribution in [0.15, 0.2) is 60.7 Å². The van der Waals surface area contributed by atoms with E-state index in [2.05, 4.69) is 60.7 Å². The molecule has 2 aromatic rings. The van der Waals surface area contributed by atoms with Gasteiger partial charge in [0.2, 0.25) is 0 Å². The van der Waals surface area contributed by atoms with E-state index < -0.39 is 0 Å². The first-order valence-electron chi connectivity index (χ1n) is 7.29. The van der Waals surface area contributed by atoms with Crippen LogP contribution in [0, 0.1) is 0 Å². The molecule has 2 atom stereocenters. The molecule has 2 aromatic carbocycles. The molecule has 0 fully saturated rings. The van der Waals surface area contributed by atoms with Crippen LogP contribution in [0.25, 0.3) is 0 Å². The Labute approximate surface area is 131 Å². The minimum atomic E-state index is 0.841. The highest BCUT2D eigenvalue weighted by atomic mass is 31.1. The van der Waals surface area contributed by atoms with Gasteiger partial charge in [0.05, 0.1) is 19.2 Å². The van der Waals surface area contributed by atoms with Crippen LogP contribution in [-0.2, 0) is 4.74 Å². The summed E-state index contributed by atoms with van der Waals surface area (Å²) < 4.78 is 5.26. The van der Waals surface area contributed by atoms with Crippen molar-refractivity contribution in [3.05, 3.63) is 60.7 Å². The van der Waals surface area contributed by atoms with Crippen LogP contribution < -0.4 is 15.5 Å². The van der Waals surface area contributed by atoms with Crippen LogP contribution in [-0.4, -0.2) is 32.8 Å². The lowest BCUT2D eigenvalue weighted by atomic mass is 10.4. The fourth-order valence-electron chi connectivity index (χ4n) is 2.05.